The van der Waals surface area contributed by atoms with E-state index < -0.39 is 11.7 Å². The van der Waals surface area contributed by atoms with Gasteiger partial charge in [0, 0.05) is 50.9 Å². The predicted molar refractivity (Wildman–Crippen MR) is 113 cm³/mol. The molecule has 172 valence electrons. The summed E-state index contributed by atoms with van der Waals surface area (Å²) in [6.45, 7) is 6.04. The zero-order valence-corrected chi connectivity index (χ0v) is 18.1. The molecule has 5 nitrogen and oxygen atoms in total. The number of rotatable bonds is 5. The Morgan fingerprint density at radius 3 is 2.61 bits per heavy atom. The van der Waals surface area contributed by atoms with Crippen molar-refractivity contribution in [2.24, 2.45) is 5.41 Å². The maximum Gasteiger partial charge on any atom is 0.416 e. The third kappa shape index (κ3) is 5.00. The smallest absolute Gasteiger partial charge is 0.391 e. The first-order chi connectivity index (χ1) is 14.7. The number of β-amino-alcohol motifs (C(OH)–C–C–N with tert-alkyl or cyclic N) is 1. The van der Waals surface area contributed by atoms with E-state index in [-0.39, 0.29) is 23.5 Å². The van der Waals surface area contributed by atoms with Gasteiger partial charge in [0.2, 0.25) is 5.91 Å². The third-order valence-corrected chi connectivity index (χ3v) is 7.42. The van der Waals surface area contributed by atoms with Gasteiger partial charge in [-0.15, -0.1) is 0 Å². The standard InChI is InChI=1S/C23H32F3N3O2/c1-17(5-10-27-12-9-22(7-8-22)20(30)16-27)29-14-13-28(11-6-21(29)31)19-4-2-3-18(15-19)23(24,25)26/h2-4,15,17,20,30H,5-14,16H2,1H3/t17-,20-/m1/s1. The maximum absolute atomic E-state index is 13.1. The number of nitrogens with zero attached hydrogens (tertiary/aromatic N) is 3. The number of halogens is 3. The first kappa shape index (κ1) is 22.4. The Hall–Kier alpha value is -1.80. The molecular formula is C23H32F3N3O2. The van der Waals surface area contributed by atoms with Crippen LogP contribution in [-0.2, 0) is 11.0 Å². The highest BCUT2D eigenvalue weighted by Gasteiger charge is 2.51. The summed E-state index contributed by atoms with van der Waals surface area (Å²) in [5.74, 6) is 0.0533. The Bertz CT molecular complexity index is 797. The van der Waals surface area contributed by atoms with Gasteiger partial charge in [0.1, 0.15) is 0 Å². The molecule has 1 amide bonds. The van der Waals surface area contributed by atoms with Crippen molar-refractivity contribution in [3.63, 3.8) is 0 Å². The number of anilines is 1. The number of carbonyl (C=O) groups is 1. The summed E-state index contributed by atoms with van der Waals surface area (Å²) < 4.78 is 39.2. The van der Waals surface area contributed by atoms with Crippen LogP contribution in [-0.4, -0.2) is 72.2 Å². The molecule has 1 N–H and O–H groups in total. The summed E-state index contributed by atoms with van der Waals surface area (Å²) in [4.78, 5) is 18.8. The molecule has 3 fully saturated rings. The Balaban J connectivity index is 1.31. The van der Waals surface area contributed by atoms with Crippen LogP contribution in [0.1, 0.15) is 44.6 Å². The van der Waals surface area contributed by atoms with E-state index in [0.717, 1.165) is 50.9 Å². The lowest BCUT2D eigenvalue weighted by Crippen LogP contribution is -2.47. The summed E-state index contributed by atoms with van der Waals surface area (Å²) in [6.07, 6.45) is -0.152. The fraction of sp³-hybridized carbons (Fsp3) is 0.696. The van der Waals surface area contributed by atoms with Crippen molar-refractivity contribution in [2.45, 2.75) is 57.3 Å². The third-order valence-electron chi connectivity index (χ3n) is 7.42. The summed E-state index contributed by atoms with van der Waals surface area (Å²) in [5, 5.41) is 10.4. The molecule has 1 spiro atoms. The Morgan fingerprint density at radius 1 is 1.16 bits per heavy atom. The minimum atomic E-state index is -4.38. The molecule has 1 saturated carbocycles. The molecule has 2 heterocycles. The van der Waals surface area contributed by atoms with Crippen LogP contribution in [0, 0.1) is 5.41 Å². The van der Waals surface area contributed by atoms with E-state index in [1.165, 1.54) is 6.07 Å². The lowest BCUT2D eigenvalue weighted by atomic mass is 9.90. The van der Waals surface area contributed by atoms with Gasteiger partial charge >= 0.3 is 6.18 Å². The lowest BCUT2D eigenvalue weighted by Gasteiger charge is -2.37. The van der Waals surface area contributed by atoms with Gasteiger partial charge in [-0.1, -0.05) is 6.07 Å². The van der Waals surface area contributed by atoms with Crippen LogP contribution >= 0.6 is 0 Å². The van der Waals surface area contributed by atoms with Crippen LogP contribution in [0.4, 0.5) is 18.9 Å². The van der Waals surface area contributed by atoms with Gasteiger partial charge in [-0.25, -0.2) is 0 Å². The maximum atomic E-state index is 13.1. The molecule has 0 radical (unpaired) electrons. The molecule has 0 unspecified atom stereocenters. The van der Waals surface area contributed by atoms with E-state index in [1.54, 1.807) is 6.07 Å². The van der Waals surface area contributed by atoms with Gasteiger partial charge in [-0.05, 0) is 62.8 Å². The van der Waals surface area contributed by atoms with Gasteiger partial charge in [-0.2, -0.15) is 13.2 Å². The van der Waals surface area contributed by atoms with Crippen molar-refractivity contribution in [1.29, 1.82) is 0 Å². The summed E-state index contributed by atoms with van der Waals surface area (Å²) >= 11 is 0. The molecule has 1 aromatic carbocycles. The molecule has 31 heavy (non-hydrogen) atoms. The number of hydrogen-bond acceptors (Lipinski definition) is 4. The summed E-state index contributed by atoms with van der Waals surface area (Å²) in [6, 6.07) is 5.39. The quantitative estimate of drug-likeness (QED) is 0.764. The second-order valence-corrected chi connectivity index (χ2v) is 9.44. The number of aliphatic hydroxyl groups is 1. The van der Waals surface area contributed by atoms with Gasteiger partial charge in [-0.3, -0.25) is 4.79 Å². The number of aliphatic hydroxyl groups excluding tert-OH is 1. The van der Waals surface area contributed by atoms with Gasteiger partial charge in [0.05, 0.1) is 11.7 Å². The Morgan fingerprint density at radius 2 is 1.94 bits per heavy atom. The lowest BCUT2D eigenvalue weighted by molar-refractivity contribution is -0.137. The van der Waals surface area contributed by atoms with Crippen molar-refractivity contribution in [3.8, 4) is 0 Å². The van der Waals surface area contributed by atoms with Gasteiger partial charge in [0.25, 0.3) is 0 Å². The van der Waals surface area contributed by atoms with Crippen LogP contribution < -0.4 is 4.90 Å². The number of piperidine rings is 1. The van der Waals surface area contributed by atoms with Crippen LogP contribution in [0.25, 0.3) is 0 Å². The van der Waals surface area contributed by atoms with Crippen LogP contribution in [0.5, 0.6) is 0 Å². The van der Waals surface area contributed by atoms with E-state index in [0.29, 0.717) is 38.3 Å². The molecule has 2 aliphatic heterocycles. The second kappa shape index (κ2) is 8.62. The van der Waals surface area contributed by atoms with Crippen molar-refractivity contribution < 1.29 is 23.1 Å². The molecule has 0 bridgehead atoms. The number of hydrogen-bond donors (Lipinski definition) is 1. The van der Waals surface area contributed by atoms with E-state index in [4.69, 9.17) is 0 Å². The highest BCUT2D eigenvalue weighted by Crippen LogP contribution is 2.53. The first-order valence-corrected chi connectivity index (χ1v) is 11.3. The fourth-order valence-electron chi connectivity index (χ4n) is 4.99. The van der Waals surface area contributed by atoms with E-state index in [1.807, 2.05) is 16.7 Å². The Labute approximate surface area is 181 Å². The normalized spacial score (nSPS) is 25.6. The average Bonchev–Trinajstić information content (AvgIpc) is 3.53. The monoisotopic (exact) mass is 439 g/mol. The van der Waals surface area contributed by atoms with Gasteiger partial charge in [0.15, 0.2) is 0 Å². The zero-order chi connectivity index (χ0) is 22.2. The molecule has 0 aromatic heterocycles. The van der Waals surface area contributed by atoms with E-state index >= 15 is 0 Å². The van der Waals surface area contributed by atoms with E-state index in [2.05, 4.69) is 4.90 Å². The van der Waals surface area contributed by atoms with Crippen LogP contribution in [0.2, 0.25) is 0 Å². The van der Waals surface area contributed by atoms with Crippen molar-refractivity contribution >= 4 is 11.6 Å². The van der Waals surface area contributed by atoms with Crippen molar-refractivity contribution in [3.05, 3.63) is 29.8 Å². The van der Waals surface area contributed by atoms with Crippen LogP contribution in [0.3, 0.4) is 0 Å². The van der Waals surface area contributed by atoms with Gasteiger partial charge < -0.3 is 19.8 Å². The zero-order valence-electron chi connectivity index (χ0n) is 18.1. The topological polar surface area (TPSA) is 47.0 Å². The number of carbonyl (C=O) groups excluding carboxylic acids is 1. The highest BCUT2D eigenvalue weighted by molar-refractivity contribution is 5.77. The number of likely N-dealkylation sites (tertiary alicyclic amines) is 1. The number of amides is 1. The fourth-order valence-corrected chi connectivity index (χ4v) is 4.99. The largest absolute Gasteiger partial charge is 0.416 e. The highest BCUT2D eigenvalue weighted by atomic mass is 19.4. The second-order valence-electron chi connectivity index (χ2n) is 9.44. The van der Waals surface area contributed by atoms with Crippen molar-refractivity contribution in [2.75, 3.05) is 44.2 Å². The molecule has 3 aliphatic rings. The number of alkyl halides is 3. The summed E-state index contributed by atoms with van der Waals surface area (Å²) in [7, 11) is 0. The van der Waals surface area contributed by atoms with Crippen molar-refractivity contribution in [1.82, 2.24) is 9.80 Å². The number of benzene rings is 1. The Kier molecular flexibility index (Phi) is 6.23. The molecule has 2 atom stereocenters. The van der Waals surface area contributed by atoms with E-state index in [9.17, 15) is 23.1 Å². The summed E-state index contributed by atoms with van der Waals surface area (Å²) in [5.41, 5.74) is 0.0337. The molecule has 4 rings (SSSR count). The minimum absolute atomic E-state index is 0.0533. The predicted octanol–water partition coefficient (Wildman–Crippen LogP) is 3.37. The SMILES string of the molecule is C[C@H](CCN1CCC2(CC2)[C@H](O)C1)N1CCN(c2cccc(C(F)(F)F)c2)CCC1=O. The molecule has 2 saturated heterocycles. The molecule has 1 aromatic rings. The molecular weight excluding hydrogens is 407 g/mol. The van der Waals surface area contributed by atoms with Crippen LogP contribution in [0.15, 0.2) is 24.3 Å². The molecule has 8 heteroatoms. The first-order valence-electron chi connectivity index (χ1n) is 11.3. The minimum Gasteiger partial charge on any atom is -0.391 e. The molecule has 1 aliphatic carbocycles. The average molecular weight is 440 g/mol.